The fraction of sp³-hybridized carbons (Fsp3) is 0.308. The van der Waals surface area contributed by atoms with E-state index in [2.05, 4.69) is 4.98 Å². The summed E-state index contributed by atoms with van der Waals surface area (Å²) in [5, 5.41) is 8.49. The molecule has 3 N–H and O–H groups in total. The first-order chi connectivity index (χ1) is 10.6. The maximum absolute atomic E-state index is 12.2. The van der Waals surface area contributed by atoms with Crippen molar-refractivity contribution >= 4 is 41.7 Å². The minimum absolute atomic E-state index is 0.0266. The van der Waals surface area contributed by atoms with E-state index in [1.54, 1.807) is 6.07 Å². The van der Waals surface area contributed by atoms with Gasteiger partial charge in [-0.05, 0) is 6.07 Å². The zero-order valence-electron chi connectivity index (χ0n) is 12.2. The Kier molecular flexibility index (Phi) is 6.77. The standard InChI is InChI=1S/C13H13BClF3N4O/c1-22(11(23)2-3-13(16,17)18)10(12(15)19)7-21-9-4-8(14)5-20-6-9/h4-7,19,21H,2-3H2,1H3/p+1/b10-7+,19-12?. The van der Waals surface area contributed by atoms with E-state index in [1.807, 2.05) is 0 Å². The number of pyridine rings is 1. The average molecular weight is 346 g/mol. The summed E-state index contributed by atoms with van der Waals surface area (Å²) in [4.78, 5) is 16.6. The van der Waals surface area contributed by atoms with Gasteiger partial charge < -0.3 is 4.90 Å². The molecule has 0 saturated carbocycles. The van der Waals surface area contributed by atoms with Crippen molar-refractivity contribution in [2.75, 3.05) is 7.05 Å². The van der Waals surface area contributed by atoms with Crippen LogP contribution in [0.25, 0.3) is 0 Å². The van der Waals surface area contributed by atoms with Gasteiger partial charge in [0.1, 0.15) is 24.9 Å². The number of nitrogens with zero attached hydrogens (tertiary/aromatic N) is 2. The second-order valence-corrected chi connectivity index (χ2v) is 5.03. The Balaban J connectivity index is 2.82. The number of nitrogens with two attached hydrogens (primary N) is 1. The number of halogens is 4. The Morgan fingerprint density at radius 1 is 1.52 bits per heavy atom. The van der Waals surface area contributed by atoms with Gasteiger partial charge in [-0.15, -0.1) is 0 Å². The van der Waals surface area contributed by atoms with Crippen molar-refractivity contribution in [3.8, 4) is 0 Å². The Labute approximate surface area is 137 Å². The molecule has 0 unspecified atom stereocenters. The van der Waals surface area contributed by atoms with Crippen LogP contribution in [0.15, 0.2) is 30.4 Å². The highest BCUT2D eigenvalue weighted by molar-refractivity contribution is 6.68. The number of hydrogen-bond donors (Lipinski definition) is 2. The first-order valence-electron chi connectivity index (χ1n) is 6.43. The van der Waals surface area contributed by atoms with Crippen molar-refractivity contribution in [2.45, 2.75) is 19.0 Å². The van der Waals surface area contributed by atoms with Crippen molar-refractivity contribution < 1.29 is 23.3 Å². The maximum atomic E-state index is 12.2. The summed E-state index contributed by atoms with van der Waals surface area (Å²) < 4.78 is 36.5. The second kappa shape index (κ2) is 8.12. The van der Waals surface area contributed by atoms with E-state index in [0.717, 1.165) is 4.90 Å². The van der Waals surface area contributed by atoms with E-state index in [4.69, 9.17) is 24.9 Å². The van der Waals surface area contributed by atoms with Crippen LogP contribution < -0.4 is 10.8 Å². The maximum Gasteiger partial charge on any atom is 0.389 e. The molecule has 1 heterocycles. The first kappa shape index (κ1) is 19.2. The molecule has 0 aliphatic carbocycles. The number of nitrogens with one attached hydrogen (secondary N) is 1. The highest BCUT2D eigenvalue weighted by Gasteiger charge is 2.29. The molecule has 23 heavy (non-hydrogen) atoms. The summed E-state index contributed by atoms with van der Waals surface area (Å²) in [5.41, 5.74) is 0.988. The number of hydrogen-bond acceptors (Lipinski definition) is 3. The largest absolute Gasteiger partial charge is 0.389 e. The number of amides is 1. The van der Waals surface area contributed by atoms with Crippen molar-refractivity contribution in [1.29, 1.82) is 5.41 Å². The van der Waals surface area contributed by atoms with Gasteiger partial charge in [0.15, 0.2) is 5.69 Å². The Morgan fingerprint density at radius 3 is 2.70 bits per heavy atom. The molecule has 0 aromatic carbocycles. The molecule has 0 aliphatic rings. The van der Waals surface area contributed by atoms with Crippen molar-refractivity contribution in [3.63, 3.8) is 0 Å². The molecular weight excluding hydrogens is 331 g/mol. The topological polar surface area (TPSA) is 73.7 Å². The molecular formula is C13H14BClF3N4O+. The van der Waals surface area contributed by atoms with E-state index in [1.165, 1.54) is 31.0 Å². The number of carbonyl (C=O) groups excluding carboxylic acids is 1. The Bertz CT molecular complexity index is 621. The zero-order valence-corrected chi connectivity index (χ0v) is 12.9. The minimum Gasteiger partial charge on any atom is -0.308 e. The van der Waals surface area contributed by atoms with E-state index < -0.39 is 30.1 Å². The van der Waals surface area contributed by atoms with Crippen LogP contribution in [0.4, 0.5) is 18.9 Å². The van der Waals surface area contributed by atoms with Crippen LogP contribution in [-0.2, 0) is 4.79 Å². The fourth-order valence-electron chi connectivity index (χ4n) is 1.63. The van der Waals surface area contributed by atoms with Crippen molar-refractivity contribution in [2.24, 2.45) is 0 Å². The summed E-state index contributed by atoms with van der Waals surface area (Å²) in [6.07, 6.45) is -2.10. The van der Waals surface area contributed by atoms with Gasteiger partial charge in [0.05, 0.1) is 12.6 Å². The van der Waals surface area contributed by atoms with Gasteiger partial charge in [0.25, 0.3) is 0 Å². The highest BCUT2D eigenvalue weighted by atomic mass is 35.5. The quantitative estimate of drug-likeness (QED) is 0.594. The molecule has 1 aromatic heterocycles. The zero-order chi connectivity index (χ0) is 17.6. The molecule has 1 rings (SSSR count). The van der Waals surface area contributed by atoms with Crippen LogP contribution in [0, 0.1) is 5.41 Å². The molecule has 0 spiro atoms. The summed E-state index contributed by atoms with van der Waals surface area (Å²) >= 11 is 5.61. The van der Waals surface area contributed by atoms with Gasteiger partial charge in [-0.3, -0.25) is 20.5 Å². The van der Waals surface area contributed by atoms with E-state index >= 15 is 0 Å². The Morgan fingerprint density at radius 2 is 2.17 bits per heavy atom. The molecule has 1 aromatic rings. The smallest absolute Gasteiger partial charge is 0.308 e. The number of carbonyl (C=O) groups is 1. The predicted molar refractivity (Wildman–Crippen MR) is 80.9 cm³/mol. The molecule has 1 amide bonds. The van der Waals surface area contributed by atoms with Crippen LogP contribution in [0.5, 0.6) is 0 Å². The molecule has 0 atom stereocenters. The monoisotopic (exact) mass is 345 g/mol. The molecule has 0 aliphatic heterocycles. The van der Waals surface area contributed by atoms with Crippen molar-refractivity contribution in [3.05, 3.63) is 30.4 Å². The van der Waals surface area contributed by atoms with Gasteiger partial charge in [0, 0.05) is 19.7 Å². The van der Waals surface area contributed by atoms with E-state index in [9.17, 15) is 18.0 Å². The molecule has 0 fully saturated rings. The predicted octanol–water partition coefficient (Wildman–Crippen LogP) is 0.929. The minimum atomic E-state index is -4.42. The van der Waals surface area contributed by atoms with Crippen LogP contribution in [0.3, 0.4) is 0 Å². The van der Waals surface area contributed by atoms with Gasteiger partial charge in [-0.2, -0.15) is 13.2 Å². The summed E-state index contributed by atoms with van der Waals surface area (Å²) in [6.45, 7) is 0. The molecule has 5 nitrogen and oxygen atoms in total. The lowest BCUT2D eigenvalue weighted by molar-refractivity contribution is -0.497. The van der Waals surface area contributed by atoms with Crippen LogP contribution in [0.2, 0.25) is 0 Å². The summed E-state index contributed by atoms with van der Waals surface area (Å²) in [7, 11) is 6.83. The lowest BCUT2D eigenvalue weighted by atomic mass is 9.99. The summed E-state index contributed by atoms with van der Waals surface area (Å²) in [5.74, 6) is -0.793. The molecule has 0 saturated heterocycles. The Hall–Kier alpha value is -1.87. The van der Waals surface area contributed by atoms with Gasteiger partial charge in [-0.25, -0.2) is 0 Å². The normalized spacial score (nSPS) is 12.1. The lowest BCUT2D eigenvalue weighted by Gasteiger charge is -2.18. The fourth-order valence-corrected chi connectivity index (χ4v) is 1.82. The van der Waals surface area contributed by atoms with Crippen LogP contribution in [-0.4, -0.2) is 42.0 Å². The van der Waals surface area contributed by atoms with Crippen LogP contribution >= 0.6 is 11.6 Å². The molecule has 0 bridgehead atoms. The number of alkyl halides is 3. The molecule has 122 valence electrons. The highest BCUT2D eigenvalue weighted by Crippen LogP contribution is 2.22. The number of allylic oxidation sites excluding steroid dienone is 1. The third-order valence-corrected chi connectivity index (χ3v) is 2.99. The van der Waals surface area contributed by atoms with E-state index in [-0.39, 0.29) is 5.70 Å². The third-order valence-electron chi connectivity index (χ3n) is 2.80. The van der Waals surface area contributed by atoms with Crippen molar-refractivity contribution in [1.82, 2.24) is 9.88 Å². The third kappa shape index (κ3) is 6.83. The molecule has 10 heteroatoms. The SMILES string of the molecule is [B]c1cncc([NH2+]/C=C(\C(=N)Cl)N(C)C(=O)CCC(F)(F)F)c1. The van der Waals surface area contributed by atoms with Gasteiger partial charge in [0.2, 0.25) is 5.91 Å². The van der Waals surface area contributed by atoms with Gasteiger partial charge in [-0.1, -0.05) is 17.1 Å². The lowest BCUT2D eigenvalue weighted by Crippen LogP contribution is -2.72. The van der Waals surface area contributed by atoms with Crippen LogP contribution in [0.1, 0.15) is 12.8 Å². The molecule has 2 radical (unpaired) electrons. The number of rotatable bonds is 6. The van der Waals surface area contributed by atoms with E-state index in [0.29, 0.717) is 11.2 Å². The summed E-state index contributed by atoms with van der Waals surface area (Å²) in [6, 6.07) is 1.60. The number of quaternary nitrogens is 1. The van der Waals surface area contributed by atoms with Gasteiger partial charge >= 0.3 is 6.18 Å². The first-order valence-corrected chi connectivity index (χ1v) is 6.81. The number of aromatic nitrogens is 1. The second-order valence-electron chi connectivity index (χ2n) is 4.65. The average Bonchev–Trinajstić information content (AvgIpc) is 2.43.